The first-order valence-electron chi connectivity index (χ1n) is 12.1. The molecule has 0 saturated heterocycles. The monoisotopic (exact) mass is 515 g/mol. The Bertz CT molecular complexity index is 1320. The largest absolute Gasteiger partial charge is 0.480 e. The molecule has 4 rings (SSSR count). The zero-order valence-electron chi connectivity index (χ0n) is 20.3. The molecule has 1 heterocycles. The number of rotatable bonds is 9. The van der Waals surface area contributed by atoms with E-state index >= 15 is 0 Å². The Morgan fingerprint density at radius 1 is 1.14 bits per heavy atom. The molecule has 0 aliphatic heterocycles. The van der Waals surface area contributed by atoms with Gasteiger partial charge in [0.1, 0.15) is 11.9 Å². The van der Waals surface area contributed by atoms with E-state index in [0.29, 0.717) is 11.5 Å². The first-order chi connectivity index (χ1) is 17.1. The van der Waals surface area contributed by atoms with Gasteiger partial charge in [-0.15, -0.1) is 0 Å². The number of carbonyl (C=O) groups is 1. The number of nitrogens with one attached hydrogen (secondary N) is 1. The zero-order chi connectivity index (χ0) is 25.9. The van der Waals surface area contributed by atoms with Gasteiger partial charge in [0.05, 0.1) is 10.5 Å². The molecule has 1 atom stereocenters. The van der Waals surface area contributed by atoms with Crippen molar-refractivity contribution in [2.45, 2.75) is 75.1 Å². The van der Waals surface area contributed by atoms with Gasteiger partial charge in [-0.1, -0.05) is 56.5 Å². The highest BCUT2D eigenvalue weighted by Gasteiger charge is 2.27. The lowest BCUT2D eigenvalue weighted by atomic mass is 9.89. The van der Waals surface area contributed by atoms with E-state index in [0.717, 1.165) is 31.2 Å². The second kappa shape index (κ2) is 10.9. The van der Waals surface area contributed by atoms with E-state index in [1.807, 2.05) is 13.8 Å². The van der Waals surface area contributed by atoms with Crippen LogP contribution in [0.5, 0.6) is 0 Å². The zero-order valence-corrected chi connectivity index (χ0v) is 21.1. The van der Waals surface area contributed by atoms with Crippen LogP contribution in [0.2, 0.25) is 0 Å². The van der Waals surface area contributed by atoms with Gasteiger partial charge in [-0.25, -0.2) is 12.8 Å². The molecule has 1 unspecified atom stereocenters. The molecular formula is C26H30FN3O5S. The average Bonchev–Trinajstić information content (AvgIpc) is 3.34. The quantitative estimate of drug-likeness (QED) is 0.410. The highest BCUT2D eigenvalue weighted by atomic mass is 32.2. The summed E-state index contributed by atoms with van der Waals surface area (Å²) in [5, 5.41) is 13.6. The fourth-order valence-corrected chi connectivity index (χ4v) is 5.62. The molecule has 36 heavy (non-hydrogen) atoms. The normalized spacial score (nSPS) is 15.8. The number of nitrogens with zero attached hydrogens (tertiary/aromatic N) is 2. The molecule has 1 aliphatic carbocycles. The minimum absolute atomic E-state index is 0.0365. The summed E-state index contributed by atoms with van der Waals surface area (Å²) in [5.41, 5.74) is 1.42. The Kier molecular flexibility index (Phi) is 7.85. The molecule has 1 fully saturated rings. The Balaban J connectivity index is 1.48. The molecule has 0 radical (unpaired) electrons. The van der Waals surface area contributed by atoms with Crippen molar-refractivity contribution in [2.75, 3.05) is 0 Å². The Hall–Kier alpha value is -3.11. The van der Waals surface area contributed by atoms with Crippen LogP contribution in [0.1, 0.15) is 74.8 Å². The van der Waals surface area contributed by atoms with Crippen molar-refractivity contribution >= 4 is 16.0 Å². The van der Waals surface area contributed by atoms with Crippen molar-refractivity contribution in [3.8, 4) is 11.4 Å². The van der Waals surface area contributed by atoms with Crippen LogP contribution in [0.25, 0.3) is 11.4 Å². The lowest BCUT2D eigenvalue weighted by Crippen LogP contribution is -2.42. The van der Waals surface area contributed by atoms with E-state index in [9.17, 15) is 22.7 Å². The second-order valence-electron chi connectivity index (χ2n) is 9.55. The highest BCUT2D eigenvalue weighted by molar-refractivity contribution is 7.89. The predicted octanol–water partition coefficient (Wildman–Crippen LogP) is 5.02. The molecule has 2 N–H and O–H groups in total. The van der Waals surface area contributed by atoms with Gasteiger partial charge < -0.3 is 9.63 Å². The van der Waals surface area contributed by atoms with E-state index in [1.165, 1.54) is 36.8 Å². The third-order valence-corrected chi connectivity index (χ3v) is 8.05. The SMILES string of the molecule is CC(C)c1ccc(S(=O)(=O)NC(Cc2ccc(-c3noc(C4CCCCC4)n3)c(F)c2)C(=O)O)cc1. The van der Waals surface area contributed by atoms with E-state index in [-0.39, 0.29) is 34.5 Å². The number of sulfonamides is 1. The molecule has 8 nitrogen and oxygen atoms in total. The summed E-state index contributed by atoms with van der Waals surface area (Å²) in [5.74, 6) is -0.939. The summed E-state index contributed by atoms with van der Waals surface area (Å²) in [7, 11) is -4.09. The summed E-state index contributed by atoms with van der Waals surface area (Å²) < 4.78 is 48.1. The Morgan fingerprint density at radius 2 is 1.83 bits per heavy atom. The van der Waals surface area contributed by atoms with E-state index in [2.05, 4.69) is 14.9 Å². The van der Waals surface area contributed by atoms with Gasteiger partial charge in [-0.3, -0.25) is 4.79 Å². The molecule has 0 amide bonds. The van der Waals surface area contributed by atoms with E-state index in [4.69, 9.17) is 4.52 Å². The van der Waals surface area contributed by atoms with Crippen molar-refractivity contribution in [2.24, 2.45) is 0 Å². The van der Waals surface area contributed by atoms with Crippen LogP contribution in [0.15, 0.2) is 51.9 Å². The van der Waals surface area contributed by atoms with Gasteiger partial charge in [0.15, 0.2) is 0 Å². The minimum Gasteiger partial charge on any atom is -0.480 e. The number of carboxylic acids is 1. The van der Waals surface area contributed by atoms with Gasteiger partial charge in [0.25, 0.3) is 0 Å². The first-order valence-corrected chi connectivity index (χ1v) is 13.6. The fourth-order valence-electron chi connectivity index (χ4n) is 4.43. The predicted molar refractivity (Wildman–Crippen MR) is 131 cm³/mol. The number of hydrogen-bond acceptors (Lipinski definition) is 6. The smallest absolute Gasteiger partial charge is 0.322 e. The third kappa shape index (κ3) is 5.99. The molecule has 1 aromatic heterocycles. The molecule has 0 spiro atoms. The average molecular weight is 516 g/mol. The Morgan fingerprint density at radius 3 is 2.44 bits per heavy atom. The maximum atomic E-state index is 14.9. The number of aromatic nitrogens is 2. The van der Waals surface area contributed by atoms with Crippen LogP contribution in [-0.2, 0) is 21.2 Å². The van der Waals surface area contributed by atoms with Crippen LogP contribution >= 0.6 is 0 Å². The van der Waals surface area contributed by atoms with E-state index < -0.39 is 27.9 Å². The summed E-state index contributed by atoms with van der Waals surface area (Å²) in [4.78, 5) is 16.2. The van der Waals surface area contributed by atoms with Gasteiger partial charge in [-0.2, -0.15) is 9.71 Å². The van der Waals surface area contributed by atoms with E-state index in [1.54, 1.807) is 12.1 Å². The van der Waals surface area contributed by atoms with Crippen molar-refractivity contribution in [1.82, 2.24) is 14.9 Å². The minimum atomic E-state index is -4.09. The number of carboxylic acid groups (broad SMARTS) is 1. The van der Waals surface area contributed by atoms with Gasteiger partial charge in [0.2, 0.25) is 21.7 Å². The summed E-state index contributed by atoms with van der Waals surface area (Å²) >= 11 is 0. The van der Waals surface area contributed by atoms with Gasteiger partial charge >= 0.3 is 5.97 Å². The topological polar surface area (TPSA) is 122 Å². The maximum absolute atomic E-state index is 14.9. The van der Waals surface area contributed by atoms with Crippen LogP contribution < -0.4 is 4.72 Å². The molecular weight excluding hydrogens is 485 g/mol. The third-order valence-electron chi connectivity index (χ3n) is 6.56. The van der Waals surface area contributed by atoms with Crippen molar-refractivity contribution < 1.29 is 27.2 Å². The second-order valence-corrected chi connectivity index (χ2v) is 11.3. The first kappa shape index (κ1) is 26.0. The molecule has 2 aromatic carbocycles. The van der Waals surface area contributed by atoms with Crippen LogP contribution in [0, 0.1) is 5.82 Å². The van der Waals surface area contributed by atoms with Crippen molar-refractivity contribution in [1.29, 1.82) is 0 Å². The number of aliphatic carboxylic acids is 1. The lowest BCUT2D eigenvalue weighted by Gasteiger charge is -2.17. The maximum Gasteiger partial charge on any atom is 0.322 e. The molecule has 1 saturated carbocycles. The van der Waals surface area contributed by atoms with Crippen LogP contribution in [0.3, 0.4) is 0 Å². The number of hydrogen-bond donors (Lipinski definition) is 2. The molecule has 3 aromatic rings. The lowest BCUT2D eigenvalue weighted by molar-refractivity contribution is -0.138. The fraction of sp³-hybridized carbons (Fsp3) is 0.423. The highest BCUT2D eigenvalue weighted by Crippen LogP contribution is 2.33. The molecule has 10 heteroatoms. The Labute approximate surface area is 210 Å². The summed E-state index contributed by atoms with van der Waals surface area (Å²) in [6.45, 7) is 3.97. The molecule has 1 aliphatic rings. The molecule has 192 valence electrons. The number of halogens is 1. The number of benzene rings is 2. The summed E-state index contributed by atoms with van der Waals surface area (Å²) in [6, 6.07) is 8.96. The van der Waals surface area contributed by atoms with Crippen molar-refractivity contribution in [3.05, 3.63) is 65.3 Å². The van der Waals surface area contributed by atoms with Crippen LogP contribution in [0.4, 0.5) is 4.39 Å². The summed E-state index contributed by atoms with van der Waals surface area (Å²) in [6.07, 6.45) is 5.09. The van der Waals surface area contributed by atoms with Gasteiger partial charge in [-0.05, 0) is 60.6 Å². The van der Waals surface area contributed by atoms with Crippen LogP contribution in [-0.4, -0.2) is 35.7 Å². The van der Waals surface area contributed by atoms with Gasteiger partial charge in [0, 0.05) is 5.92 Å². The molecule has 0 bridgehead atoms. The van der Waals surface area contributed by atoms with Crippen molar-refractivity contribution in [3.63, 3.8) is 0 Å². The standard InChI is InChI=1S/C26H30FN3O5S/c1-16(2)18-9-11-20(12-10-18)36(33,34)30-23(26(31)32)15-17-8-13-21(22(27)14-17)24-28-25(35-29-24)19-6-4-3-5-7-19/h8-14,16,19,23,30H,3-7,15H2,1-2H3,(H,31,32).